The summed E-state index contributed by atoms with van der Waals surface area (Å²) in [6, 6.07) is 9.43. The Morgan fingerprint density at radius 1 is 0.656 bits per heavy atom. The zero-order chi connectivity index (χ0) is 22.8. The Kier molecular flexibility index (Phi) is 10.2. The number of hydrogen-bond acceptors (Lipinski definition) is 2. The second-order valence-corrected chi connectivity index (χ2v) is 10.0. The van der Waals surface area contributed by atoms with Gasteiger partial charge < -0.3 is 0 Å². The van der Waals surface area contributed by atoms with Crippen molar-refractivity contribution >= 4 is 38.5 Å². The van der Waals surface area contributed by atoms with Crippen LogP contribution in [0.2, 0.25) is 0 Å². The second-order valence-electron chi connectivity index (χ2n) is 9.18. The molecule has 1 heterocycles. The molecule has 0 aliphatic carbocycles. The van der Waals surface area contributed by atoms with Crippen LogP contribution in [0.15, 0.2) is 34.8 Å². The van der Waals surface area contributed by atoms with E-state index in [9.17, 15) is 9.59 Å². The topological polar surface area (TPSA) is 37.4 Å². The fraction of sp³-hybridized carbons (Fsp3) is 0.571. The number of imide groups is 1. The number of carbonyl (C=O) groups excluding carboxylic acids is 2. The number of unbranched alkanes of at least 4 members (excludes halogenated alkanes) is 13. The average molecular weight is 501 g/mol. The normalized spacial score (nSPS) is 13.4. The summed E-state index contributed by atoms with van der Waals surface area (Å²) in [5.74, 6) is -0.304. The summed E-state index contributed by atoms with van der Waals surface area (Å²) < 4.78 is 0.916. The summed E-state index contributed by atoms with van der Waals surface area (Å²) in [5.41, 5.74) is 1.28. The van der Waals surface area contributed by atoms with Gasteiger partial charge in [0, 0.05) is 27.5 Å². The molecule has 2 aromatic rings. The van der Waals surface area contributed by atoms with Crippen LogP contribution in [0.3, 0.4) is 0 Å². The van der Waals surface area contributed by atoms with Crippen LogP contribution in [0.5, 0.6) is 0 Å². The molecule has 1 aliphatic rings. The summed E-state index contributed by atoms with van der Waals surface area (Å²) >= 11 is 3.54. The number of amides is 2. The van der Waals surface area contributed by atoms with Crippen molar-refractivity contribution in [1.29, 1.82) is 0 Å². The Morgan fingerprint density at radius 2 is 1.16 bits per heavy atom. The van der Waals surface area contributed by atoms with Crippen LogP contribution >= 0.6 is 15.9 Å². The van der Waals surface area contributed by atoms with Gasteiger partial charge in [0.2, 0.25) is 0 Å². The van der Waals surface area contributed by atoms with Gasteiger partial charge in [0.25, 0.3) is 11.8 Å². The Morgan fingerprint density at radius 3 is 1.72 bits per heavy atom. The van der Waals surface area contributed by atoms with Gasteiger partial charge in [0.1, 0.15) is 0 Å². The zero-order valence-corrected chi connectivity index (χ0v) is 21.2. The molecule has 0 bridgehead atoms. The van der Waals surface area contributed by atoms with E-state index in [1.54, 1.807) is 0 Å². The number of hydrogen-bond donors (Lipinski definition) is 0. The van der Waals surface area contributed by atoms with Gasteiger partial charge in [-0.15, -0.1) is 0 Å². The van der Waals surface area contributed by atoms with E-state index < -0.39 is 0 Å². The van der Waals surface area contributed by atoms with Gasteiger partial charge in [-0.05, 0) is 30.0 Å². The Hall–Kier alpha value is -1.68. The molecule has 1 aliphatic heterocycles. The van der Waals surface area contributed by atoms with E-state index >= 15 is 0 Å². The molecule has 0 N–H and O–H groups in total. The Labute approximate surface area is 202 Å². The van der Waals surface area contributed by atoms with Crippen LogP contribution in [0.25, 0.3) is 10.8 Å². The maximum absolute atomic E-state index is 13.0. The third-order valence-electron chi connectivity index (χ3n) is 6.67. The molecule has 0 saturated heterocycles. The third-order valence-corrected chi connectivity index (χ3v) is 7.37. The first-order chi connectivity index (χ1) is 15.6. The van der Waals surface area contributed by atoms with Crippen LogP contribution in [0, 0.1) is 0 Å². The molecule has 3 nitrogen and oxygen atoms in total. The smallest absolute Gasteiger partial charge is 0.261 e. The van der Waals surface area contributed by atoms with Crippen molar-refractivity contribution in [1.82, 2.24) is 4.90 Å². The predicted octanol–water partition coefficient (Wildman–Crippen LogP) is 8.68. The lowest BCUT2D eigenvalue weighted by molar-refractivity contribution is 0.0607. The van der Waals surface area contributed by atoms with Crippen molar-refractivity contribution in [2.75, 3.05) is 6.54 Å². The molecule has 0 saturated carbocycles. The standard InChI is InChI=1S/C28H38BrNO2/c1-2-3-4-5-6-7-8-9-10-11-12-13-14-15-21-30-27(31)23-18-16-17-22-25(29)20-19-24(26(22)23)28(30)32/h16-20H,2-15,21H2,1H3. The lowest BCUT2D eigenvalue weighted by Gasteiger charge is -2.27. The highest BCUT2D eigenvalue weighted by atomic mass is 79.9. The van der Waals surface area contributed by atoms with Gasteiger partial charge >= 0.3 is 0 Å². The number of halogens is 1. The highest BCUT2D eigenvalue weighted by molar-refractivity contribution is 9.10. The number of benzene rings is 2. The van der Waals surface area contributed by atoms with E-state index in [1.807, 2.05) is 30.3 Å². The van der Waals surface area contributed by atoms with Crippen molar-refractivity contribution in [3.63, 3.8) is 0 Å². The fourth-order valence-corrected chi connectivity index (χ4v) is 5.24. The van der Waals surface area contributed by atoms with Gasteiger partial charge in [-0.3, -0.25) is 14.5 Å². The Balaban J connectivity index is 1.32. The van der Waals surface area contributed by atoms with Crippen molar-refractivity contribution in [2.24, 2.45) is 0 Å². The van der Waals surface area contributed by atoms with Crippen molar-refractivity contribution in [3.8, 4) is 0 Å². The lowest BCUT2D eigenvalue weighted by Crippen LogP contribution is -2.40. The van der Waals surface area contributed by atoms with Crippen molar-refractivity contribution in [2.45, 2.75) is 96.8 Å². The molecule has 0 spiro atoms. The lowest BCUT2D eigenvalue weighted by atomic mass is 9.94. The monoisotopic (exact) mass is 499 g/mol. The molecule has 0 atom stereocenters. The van der Waals surface area contributed by atoms with Crippen LogP contribution < -0.4 is 0 Å². The molecular weight excluding hydrogens is 462 g/mol. The second kappa shape index (κ2) is 13.1. The molecule has 3 rings (SSSR count). The summed E-state index contributed by atoms with van der Waals surface area (Å²) in [4.78, 5) is 27.4. The maximum atomic E-state index is 13.0. The van der Waals surface area contributed by atoms with Crippen LogP contribution in [-0.2, 0) is 0 Å². The van der Waals surface area contributed by atoms with Crippen LogP contribution in [0.4, 0.5) is 0 Å². The average Bonchev–Trinajstić information content (AvgIpc) is 2.80. The predicted molar refractivity (Wildman–Crippen MR) is 137 cm³/mol. The van der Waals surface area contributed by atoms with Gasteiger partial charge in [0.05, 0.1) is 0 Å². The number of rotatable bonds is 15. The molecule has 0 unspecified atom stereocenters. The van der Waals surface area contributed by atoms with Gasteiger partial charge in [-0.25, -0.2) is 0 Å². The third kappa shape index (κ3) is 6.43. The summed E-state index contributed by atoms with van der Waals surface area (Å²) in [6.45, 7) is 2.78. The van der Waals surface area contributed by atoms with Crippen LogP contribution in [-0.4, -0.2) is 23.3 Å². The molecule has 0 radical (unpaired) electrons. The minimum atomic E-state index is -0.152. The molecule has 32 heavy (non-hydrogen) atoms. The van der Waals surface area contributed by atoms with Crippen molar-refractivity contribution < 1.29 is 9.59 Å². The fourth-order valence-electron chi connectivity index (χ4n) is 4.78. The van der Waals surface area contributed by atoms with Crippen molar-refractivity contribution in [3.05, 3.63) is 45.9 Å². The SMILES string of the molecule is CCCCCCCCCCCCCCCCN1C(=O)c2cccc3c(Br)ccc(c23)C1=O. The van der Waals surface area contributed by atoms with Crippen LogP contribution in [0.1, 0.15) is 118 Å². The van der Waals surface area contributed by atoms with E-state index in [0.717, 1.165) is 28.1 Å². The highest BCUT2D eigenvalue weighted by Gasteiger charge is 2.32. The first-order valence-corrected chi connectivity index (χ1v) is 13.5. The van der Waals surface area contributed by atoms with E-state index in [2.05, 4.69) is 22.9 Å². The quantitative estimate of drug-likeness (QED) is 0.181. The van der Waals surface area contributed by atoms with E-state index in [-0.39, 0.29) is 11.8 Å². The summed E-state index contributed by atoms with van der Waals surface area (Å²) in [6.07, 6.45) is 18.1. The van der Waals surface area contributed by atoms with Gasteiger partial charge in [0.15, 0.2) is 0 Å². The molecule has 0 aromatic heterocycles. The molecule has 4 heteroatoms. The minimum absolute atomic E-state index is 0.152. The number of carbonyl (C=O) groups is 2. The highest BCUT2D eigenvalue weighted by Crippen LogP contribution is 2.34. The summed E-state index contributed by atoms with van der Waals surface area (Å²) in [7, 11) is 0. The Bertz CT molecular complexity index is 885. The number of nitrogens with zero attached hydrogens (tertiary/aromatic N) is 1. The van der Waals surface area contributed by atoms with Gasteiger partial charge in [-0.1, -0.05) is 118 Å². The van der Waals surface area contributed by atoms with E-state index in [1.165, 1.54) is 81.9 Å². The first-order valence-electron chi connectivity index (χ1n) is 12.7. The van der Waals surface area contributed by atoms with E-state index in [0.29, 0.717) is 17.7 Å². The minimum Gasteiger partial charge on any atom is -0.274 e. The molecule has 174 valence electrons. The molecule has 2 amide bonds. The first kappa shape index (κ1) is 25.0. The molecule has 2 aromatic carbocycles. The largest absolute Gasteiger partial charge is 0.274 e. The zero-order valence-electron chi connectivity index (χ0n) is 19.6. The molecule has 0 fully saturated rings. The maximum Gasteiger partial charge on any atom is 0.261 e. The van der Waals surface area contributed by atoms with Gasteiger partial charge in [-0.2, -0.15) is 0 Å². The van der Waals surface area contributed by atoms with E-state index in [4.69, 9.17) is 0 Å². The summed E-state index contributed by atoms with van der Waals surface area (Å²) in [5, 5.41) is 1.71. The molecular formula is C28H38BrNO2.